The topological polar surface area (TPSA) is 164 Å². The Morgan fingerprint density at radius 2 is 1.62 bits per heavy atom. The molecule has 146 valence electrons. The zero-order valence-electron chi connectivity index (χ0n) is 13.6. The van der Waals surface area contributed by atoms with Crippen LogP contribution in [0.5, 0.6) is 0 Å². The molecule has 1 rings (SSSR count). The van der Waals surface area contributed by atoms with Crippen molar-refractivity contribution in [3.63, 3.8) is 0 Å². The zero-order valence-corrected chi connectivity index (χ0v) is 15.3. The van der Waals surface area contributed by atoms with Crippen LogP contribution in [0.15, 0.2) is 23.5 Å². The first-order chi connectivity index (χ1) is 11.9. The molecule has 0 bridgehead atoms. The summed E-state index contributed by atoms with van der Waals surface area (Å²) in [6.07, 6.45) is 1.45. The van der Waals surface area contributed by atoms with Crippen molar-refractivity contribution in [3.05, 3.63) is 23.5 Å². The Kier molecular flexibility index (Phi) is 8.28. The molecular weight excluding hydrogens is 391 g/mol. The van der Waals surface area contributed by atoms with Gasteiger partial charge in [-0.1, -0.05) is 0 Å². The second-order valence-electron chi connectivity index (χ2n) is 5.46. The second-order valence-corrected chi connectivity index (χ2v) is 8.61. The van der Waals surface area contributed by atoms with Crippen molar-refractivity contribution in [2.24, 2.45) is 0 Å². The predicted octanol–water partition coefficient (Wildman–Crippen LogP) is -0.190. The normalized spacial score (nSPS) is 21.0. The number of hydrogen-bond donors (Lipinski definition) is 3. The number of rotatable bonds is 11. The molecule has 0 aromatic rings. The SMILES string of the molecule is [B]C1C(OCCCS(=O)(=O)O)=CC(C(=O)O)=CC1OCCCS(=O)(=O)O. The van der Waals surface area contributed by atoms with E-state index in [-0.39, 0.29) is 37.4 Å². The van der Waals surface area contributed by atoms with E-state index in [1.54, 1.807) is 0 Å². The molecule has 10 nitrogen and oxygen atoms in total. The quantitative estimate of drug-likeness (QED) is 0.236. The average Bonchev–Trinajstić information content (AvgIpc) is 2.48. The van der Waals surface area contributed by atoms with Crippen molar-refractivity contribution in [1.29, 1.82) is 0 Å². The van der Waals surface area contributed by atoms with Crippen LogP contribution in [0.2, 0.25) is 5.82 Å². The van der Waals surface area contributed by atoms with Gasteiger partial charge in [0.25, 0.3) is 20.2 Å². The Morgan fingerprint density at radius 3 is 2.12 bits per heavy atom. The van der Waals surface area contributed by atoms with Crippen LogP contribution >= 0.6 is 0 Å². The fraction of sp³-hybridized carbons (Fsp3) is 0.615. The molecule has 0 heterocycles. The number of ether oxygens (including phenoxy) is 2. The largest absolute Gasteiger partial charge is 0.498 e. The Hall–Kier alpha value is -1.41. The number of carbonyl (C=O) groups is 1. The third kappa shape index (κ3) is 8.80. The van der Waals surface area contributed by atoms with E-state index < -0.39 is 49.6 Å². The summed E-state index contributed by atoms with van der Waals surface area (Å²) >= 11 is 0. The molecule has 1 aliphatic rings. The molecular formula is C13H19BO10S2. The van der Waals surface area contributed by atoms with Gasteiger partial charge in [-0.2, -0.15) is 16.8 Å². The van der Waals surface area contributed by atoms with Gasteiger partial charge in [-0.3, -0.25) is 9.11 Å². The molecule has 1 aliphatic carbocycles. The fourth-order valence-corrected chi connectivity index (χ4v) is 3.02. The Bertz CT molecular complexity index is 769. The van der Waals surface area contributed by atoms with Crippen molar-refractivity contribution >= 4 is 34.1 Å². The molecule has 0 aromatic carbocycles. The molecule has 0 spiro atoms. The van der Waals surface area contributed by atoms with E-state index in [4.69, 9.17) is 31.5 Å². The molecule has 2 atom stereocenters. The maximum atomic E-state index is 11.2. The maximum Gasteiger partial charge on any atom is 0.335 e. The van der Waals surface area contributed by atoms with Crippen LogP contribution < -0.4 is 0 Å². The smallest absolute Gasteiger partial charge is 0.335 e. The third-order valence-electron chi connectivity index (χ3n) is 3.24. The van der Waals surface area contributed by atoms with E-state index in [1.165, 1.54) is 12.2 Å². The van der Waals surface area contributed by atoms with Gasteiger partial charge in [0.15, 0.2) is 0 Å². The summed E-state index contributed by atoms with van der Waals surface area (Å²) in [6.45, 7) is -0.223. The van der Waals surface area contributed by atoms with Crippen LogP contribution in [0.25, 0.3) is 0 Å². The van der Waals surface area contributed by atoms with Gasteiger partial charge in [-0.15, -0.1) is 0 Å². The first-order valence-corrected chi connectivity index (χ1v) is 10.7. The Morgan fingerprint density at radius 1 is 1.08 bits per heavy atom. The molecule has 0 aromatic heterocycles. The number of carboxylic acids is 1. The maximum absolute atomic E-state index is 11.2. The lowest BCUT2D eigenvalue weighted by molar-refractivity contribution is -0.132. The molecule has 2 radical (unpaired) electrons. The number of hydrogen-bond acceptors (Lipinski definition) is 7. The highest BCUT2D eigenvalue weighted by molar-refractivity contribution is 7.86. The van der Waals surface area contributed by atoms with Crippen molar-refractivity contribution < 1.29 is 45.3 Å². The van der Waals surface area contributed by atoms with Crippen molar-refractivity contribution in [2.45, 2.75) is 24.8 Å². The van der Waals surface area contributed by atoms with E-state index in [0.29, 0.717) is 0 Å². The average molecular weight is 410 g/mol. The lowest BCUT2D eigenvalue weighted by Crippen LogP contribution is -2.26. The molecule has 0 saturated heterocycles. The minimum absolute atomic E-state index is 0.0213. The van der Waals surface area contributed by atoms with Crippen LogP contribution in [0.3, 0.4) is 0 Å². The van der Waals surface area contributed by atoms with E-state index in [9.17, 15) is 21.6 Å². The minimum atomic E-state index is -4.13. The third-order valence-corrected chi connectivity index (χ3v) is 4.85. The van der Waals surface area contributed by atoms with Gasteiger partial charge in [0.2, 0.25) is 0 Å². The zero-order chi connectivity index (χ0) is 20.0. The van der Waals surface area contributed by atoms with Crippen LogP contribution in [0, 0.1) is 0 Å². The summed E-state index contributed by atoms with van der Waals surface area (Å²) in [5.74, 6) is -3.14. The Balaban J connectivity index is 2.67. The summed E-state index contributed by atoms with van der Waals surface area (Å²) < 4.78 is 70.6. The van der Waals surface area contributed by atoms with Crippen LogP contribution in [-0.2, 0) is 34.5 Å². The van der Waals surface area contributed by atoms with Gasteiger partial charge in [-0.25, -0.2) is 4.79 Å². The molecule has 13 heteroatoms. The molecule has 2 unspecified atom stereocenters. The highest BCUT2D eigenvalue weighted by Gasteiger charge is 2.27. The fourth-order valence-electron chi connectivity index (χ4n) is 2.05. The van der Waals surface area contributed by atoms with Gasteiger partial charge in [0, 0.05) is 12.4 Å². The molecule has 0 fully saturated rings. The first kappa shape index (κ1) is 22.6. The van der Waals surface area contributed by atoms with E-state index >= 15 is 0 Å². The molecule has 0 aliphatic heterocycles. The van der Waals surface area contributed by atoms with Crippen molar-refractivity contribution in [2.75, 3.05) is 24.7 Å². The highest BCUT2D eigenvalue weighted by atomic mass is 32.2. The predicted molar refractivity (Wildman–Crippen MR) is 91.1 cm³/mol. The standard InChI is InChI=1S/C13H19BO10S2/c14-12-10(23-3-1-5-25(17,18)19)7-9(13(15)16)8-11(12)24-4-2-6-26(20,21)22/h7-8,10,12H,1-6H2,(H,15,16)(H,17,18,19)(H,20,21,22). The van der Waals surface area contributed by atoms with Crippen LogP contribution in [0.4, 0.5) is 0 Å². The van der Waals surface area contributed by atoms with E-state index in [0.717, 1.165) is 0 Å². The monoisotopic (exact) mass is 410 g/mol. The summed E-state index contributed by atoms with van der Waals surface area (Å²) in [4.78, 5) is 11.2. The van der Waals surface area contributed by atoms with Crippen molar-refractivity contribution in [1.82, 2.24) is 0 Å². The summed E-state index contributed by atoms with van der Waals surface area (Å²) in [5.41, 5.74) is -0.156. The van der Waals surface area contributed by atoms with Gasteiger partial charge in [-0.05, 0) is 25.0 Å². The number of carboxylic acid groups (broad SMARTS) is 1. The van der Waals surface area contributed by atoms with Gasteiger partial charge in [0.1, 0.15) is 0 Å². The van der Waals surface area contributed by atoms with Crippen molar-refractivity contribution in [3.8, 4) is 0 Å². The Labute approximate surface area is 152 Å². The molecule has 0 amide bonds. The summed E-state index contributed by atoms with van der Waals surface area (Å²) in [5, 5.41) is 9.13. The van der Waals surface area contributed by atoms with Gasteiger partial charge in [0.05, 0.1) is 43.4 Å². The lowest BCUT2D eigenvalue weighted by atomic mass is 9.76. The first-order valence-electron chi connectivity index (χ1n) is 7.46. The van der Waals surface area contributed by atoms with E-state index in [2.05, 4.69) is 0 Å². The molecule has 0 saturated carbocycles. The molecule has 3 N–H and O–H groups in total. The van der Waals surface area contributed by atoms with Crippen LogP contribution in [0.1, 0.15) is 12.8 Å². The van der Waals surface area contributed by atoms with Gasteiger partial charge < -0.3 is 14.6 Å². The summed E-state index contributed by atoms with van der Waals surface area (Å²) in [7, 11) is -2.33. The minimum Gasteiger partial charge on any atom is -0.498 e. The highest BCUT2D eigenvalue weighted by Crippen LogP contribution is 2.30. The van der Waals surface area contributed by atoms with E-state index in [1.807, 2.05) is 0 Å². The second kappa shape index (κ2) is 9.51. The van der Waals surface area contributed by atoms with Gasteiger partial charge >= 0.3 is 5.97 Å². The van der Waals surface area contributed by atoms with Crippen LogP contribution in [-0.4, -0.2) is 75.7 Å². The summed E-state index contributed by atoms with van der Waals surface area (Å²) in [6, 6.07) is 0. The lowest BCUT2D eigenvalue weighted by Gasteiger charge is -2.28. The number of aliphatic carboxylic acids is 1. The molecule has 26 heavy (non-hydrogen) atoms.